The summed E-state index contributed by atoms with van der Waals surface area (Å²) in [6.07, 6.45) is 3.26. The number of aromatic nitrogens is 4. The zero-order valence-electron chi connectivity index (χ0n) is 9.38. The third kappa shape index (κ3) is 3.49. The van der Waals surface area contributed by atoms with Crippen LogP contribution in [0.5, 0.6) is 0 Å². The van der Waals surface area contributed by atoms with Crippen molar-refractivity contribution >= 4 is 41.2 Å². The Morgan fingerprint density at radius 3 is 2.89 bits per heavy atom. The SMILES string of the molecule is O=Cc1cn(CC(=O)Nc2ncc(Cl)cc2Cl)nn1. The van der Waals surface area contributed by atoms with E-state index in [1.165, 1.54) is 23.1 Å². The molecule has 7 nitrogen and oxygen atoms in total. The normalized spacial score (nSPS) is 10.2. The number of hydrogen-bond acceptors (Lipinski definition) is 5. The molecule has 1 amide bonds. The first-order valence-electron chi connectivity index (χ1n) is 5.04. The van der Waals surface area contributed by atoms with Crippen LogP contribution in [0.1, 0.15) is 10.5 Å². The molecule has 19 heavy (non-hydrogen) atoms. The van der Waals surface area contributed by atoms with Crippen LogP contribution in [0.4, 0.5) is 5.82 Å². The molecule has 0 aliphatic rings. The predicted molar refractivity (Wildman–Crippen MR) is 68.3 cm³/mol. The van der Waals surface area contributed by atoms with E-state index >= 15 is 0 Å². The van der Waals surface area contributed by atoms with E-state index in [0.29, 0.717) is 11.3 Å². The Bertz CT molecular complexity index is 628. The van der Waals surface area contributed by atoms with Gasteiger partial charge >= 0.3 is 0 Å². The molecule has 0 bridgehead atoms. The van der Waals surface area contributed by atoms with Crippen LogP contribution in [0, 0.1) is 0 Å². The molecule has 98 valence electrons. The molecule has 0 aromatic carbocycles. The lowest BCUT2D eigenvalue weighted by Crippen LogP contribution is -2.20. The van der Waals surface area contributed by atoms with Gasteiger partial charge in [0.1, 0.15) is 12.2 Å². The number of halogens is 2. The van der Waals surface area contributed by atoms with Crippen LogP contribution in [0.3, 0.4) is 0 Å². The molecule has 0 aliphatic heterocycles. The summed E-state index contributed by atoms with van der Waals surface area (Å²) < 4.78 is 1.23. The first kappa shape index (κ1) is 13.4. The highest BCUT2D eigenvalue weighted by molar-refractivity contribution is 6.36. The van der Waals surface area contributed by atoms with Gasteiger partial charge in [0.15, 0.2) is 12.1 Å². The number of carbonyl (C=O) groups excluding carboxylic acids is 2. The summed E-state index contributed by atoms with van der Waals surface area (Å²) in [5.41, 5.74) is 0.149. The fraction of sp³-hybridized carbons (Fsp3) is 0.100. The second-order valence-corrected chi connectivity index (χ2v) is 4.33. The quantitative estimate of drug-likeness (QED) is 0.863. The minimum Gasteiger partial charge on any atom is -0.308 e. The zero-order valence-corrected chi connectivity index (χ0v) is 10.9. The largest absolute Gasteiger partial charge is 0.308 e. The van der Waals surface area contributed by atoms with Crippen LogP contribution in [0.25, 0.3) is 0 Å². The smallest absolute Gasteiger partial charge is 0.247 e. The van der Waals surface area contributed by atoms with Crippen LogP contribution in [0.15, 0.2) is 18.5 Å². The molecule has 0 spiro atoms. The van der Waals surface area contributed by atoms with Gasteiger partial charge in [-0.1, -0.05) is 28.4 Å². The average Bonchev–Trinajstić information content (AvgIpc) is 2.80. The van der Waals surface area contributed by atoms with Gasteiger partial charge in [-0.3, -0.25) is 9.59 Å². The van der Waals surface area contributed by atoms with Crippen molar-refractivity contribution in [3.63, 3.8) is 0 Å². The number of hydrogen-bond donors (Lipinski definition) is 1. The van der Waals surface area contributed by atoms with Crippen molar-refractivity contribution in [1.82, 2.24) is 20.0 Å². The van der Waals surface area contributed by atoms with Gasteiger partial charge in [-0.2, -0.15) is 0 Å². The van der Waals surface area contributed by atoms with Gasteiger partial charge < -0.3 is 5.32 Å². The zero-order chi connectivity index (χ0) is 13.8. The van der Waals surface area contributed by atoms with Gasteiger partial charge in [0.25, 0.3) is 0 Å². The van der Waals surface area contributed by atoms with Crippen molar-refractivity contribution in [2.24, 2.45) is 0 Å². The Labute approximate surface area is 117 Å². The van der Waals surface area contributed by atoms with Gasteiger partial charge in [-0.15, -0.1) is 5.10 Å². The number of aldehydes is 1. The van der Waals surface area contributed by atoms with E-state index in [-0.39, 0.29) is 23.1 Å². The Balaban J connectivity index is 2.02. The predicted octanol–water partition coefficient (Wildman–Crippen LogP) is 1.43. The number of nitrogens with one attached hydrogen (secondary N) is 1. The van der Waals surface area contributed by atoms with Crippen molar-refractivity contribution in [3.8, 4) is 0 Å². The fourth-order valence-corrected chi connectivity index (χ4v) is 1.70. The summed E-state index contributed by atoms with van der Waals surface area (Å²) in [4.78, 5) is 26.0. The molecular formula is C10H7Cl2N5O2. The molecule has 2 aromatic heterocycles. The number of pyridine rings is 1. The van der Waals surface area contributed by atoms with E-state index in [1.807, 2.05) is 0 Å². The van der Waals surface area contributed by atoms with Crippen molar-refractivity contribution in [3.05, 3.63) is 34.2 Å². The van der Waals surface area contributed by atoms with E-state index < -0.39 is 5.91 Å². The molecule has 0 unspecified atom stereocenters. The van der Waals surface area contributed by atoms with Gasteiger partial charge in [0.05, 0.1) is 16.2 Å². The maximum Gasteiger partial charge on any atom is 0.247 e. The molecule has 2 heterocycles. The summed E-state index contributed by atoms with van der Waals surface area (Å²) in [6.45, 7) is -0.110. The van der Waals surface area contributed by atoms with Crippen LogP contribution >= 0.6 is 23.2 Å². The maximum absolute atomic E-state index is 11.7. The van der Waals surface area contributed by atoms with Crippen LogP contribution in [-0.4, -0.2) is 32.2 Å². The first-order chi connectivity index (χ1) is 9.08. The van der Waals surface area contributed by atoms with E-state index in [1.54, 1.807) is 0 Å². The highest BCUT2D eigenvalue weighted by atomic mass is 35.5. The summed E-state index contributed by atoms with van der Waals surface area (Å²) in [6, 6.07) is 1.46. The molecule has 0 aliphatic carbocycles. The standard InChI is InChI=1S/C10H7Cl2N5O2/c11-6-1-8(12)10(13-2-6)14-9(19)4-17-3-7(5-18)15-16-17/h1-3,5H,4H2,(H,13,14,19). The number of rotatable bonds is 4. The molecular weight excluding hydrogens is 293 g/mol. The molecule has 2 aromatic rings. The number of nitrogens with zero attached hydrogens (tertiary/aromatic N) is 4. The van der Waals surface area contributed by atoms with Crippen molar-refractivity contribution < 1.29 is 9.59 Å². The molecule has 0 radical (unpaired) electrons. The lowest BCUT2D eigenvalue weighted by atomic mass is 10.4. The van der Waals surface area contributed by atoms with Crippen LogP contribution in [-0.2, 0) is 11.3 Å². The summed E-state index contributed by atoms with van der Waals surface area (Å²) >= 11 is 11.5. The monoisotopic (exact) mass is 299 g/mol. The van der Waals surface area contributed by atoms with Gasteiger partial charge in [0.2, 0.25) is 5.91 Å². The molecule has 0 saturated heterocycles. The van der Waals surface area contributed by atoms with Gasteiger partial charge in [-0.25, -0.2) is 9.67 Å². The lowest BCUT2D eigenvalue weighted by molar-refractivity contribution is -0.116. The first-order valence-corrected chi connectivity index (χ1v) is 5.80. The minimum atomic E-state index is -0.404. The van der Waals surface area contributed by atoms with E-state index in [4.69, 9.17) is 23.2 Å². The second kappa shape index (κ2) is 5.77. The Kier molecular flexibility index (Phi) is 4.08. The molecule has 9 heteroatoms. The van der Waals surface area contributed by atoms with E-state index in [0.717, 1.165) is 0 Å². The fourth-order valence-electron chi connectivity index (χ4n) is 1.27. The maximum atomic E-state index is 11.7. The molecule has 2 rings (SSSR count). The Morgan fingerprint density at radius 2 is 2.26 bits per heavy atom. The minimum absolute atomic E-state index is 0.110. The highest BCUT2D eigenvalue weighted by Crippen LogP contribution is 2.22. The van der Waals surface area contributed by atoms with Crippen LogP contribution in [0.2, 0.25) is 10.0 Å². The Hall–Kier alpha value is -1.99. The van der Waals surface area contributed by atoms with Crippen molar-refractivity contribution in [2.45, 2.75) is 6.54 Å². The van der Waals surface area contributed by atoms with Gasteiger partial charge in [-0.05, 0) is 6.07 Å². The Morgan fingerprint density at radius 1 is 1.47 bits per heavy atom. The van der Waals surface area contributed by atoms with Gasteiger partial charge in [0, 0.05) is 6.20 Å². The second-order valence-electron chi connectivity index (χ2n) is 3.49. The van der Waals surface area contributed by atoms with Crippen LogP contribution < -0.4 is 5.32 Å². The number of carbonyl (C=O) groups is 2. The average molecular weight is 300 g/mol. The topological polar surface area (TPSA) is 89.8 Å². The highest BCUT2D eigenvalue weighted by Gasteiger charge is 2.09. The molecule has 1 N–H and O–H groups in total. The summed E-state index contributed by atoms with van der Waals surface area (Å²) in [5, 5.41) is 10.2. The third-order valence-electron chi connectivity index (χ3n) is 2.05. The molecule has 0 atom stereocenters. The lowest BCUT2D eigenvalue weighted by Gasteiger charge is -2.05. The molecule has 0 fully saturated rings. The van der Waals surface area contributed by atoms with Crippen molar-refractivity contribution in [1.29, 1.82) is 0 Å². The van der Waals surface area contributed by atoms with E-state index in [2.05, 4.69) is 20.6 Å². The molecule has 0 saturated carbocycles. The third-order valence-corrected chi connectivity index (χ3v) is 2.54. The van der Waals surface area contributed by atoms with E-state index in [9.17, 15) is 9.59 Å². The summed E-state index contributed by atoms with van der Waals surface area (Å²) in [7, 11) is 0. The van der Waals surface area contributed by atoms with Crippen molar-refractivity contribution in [2.75, 3.05) is 5.32 Å². The summed E-state index contributed by atoms with van der Waals surface area (Å²) in [5.74, 6) is -0.203. The number of amides is 1. The number of anilines is 1.